The number of amides is 2. The van der Waals surface area contributed by atoms with Gasteiger partial charge in [-0.15, -0.1) is 6.58 Å². The maximum Gasteiger partial charge on any atom is 0.319 e. The van der Waals surface area contributed by atoms with Crippen LogP contribution in [0.25, 0.3) is 0 Å². The van der Waals surface area contributed by atoms with Crippen molar-refractivity contribution in [2.75, 3.05) is 19.0 Å². The fourth-order valence-corrected chi connectivity index (χ4v) is 1.40. The Kier molecular flexibility index (Phi) is 4.66. The number of carbonyl (C=O) groups is 1. The Balaban J connectivity index is 2.76. The minimum Gasteiger partial charge on any atom is -0.493 e. The van der Waals surface area contributed by atoms with Crippen LogP contribution in [0.4, 0.5) is 10.5 Å². The molecular weight excluding hydrogens is 228 g/mol. The highest BCUT2D eigenvalue weighted by Crippen LogP contribution is 2.32. The molecule has 86 valence electrons. The average Bonchev–Trinajstić information content (AvgIpc) is 2.27. The molecule has 0 fully saturated rings. The van der Waals surface area contributed by atoms with Gasteiger partial charge in [0.25, 0.3) is 0 Å². The summed E-state index contributed by atoms with van der Waals surface area (Å²) >= 11 is 5.90. The van der Waals surface area contributed by atoms with Gasteiger partial charge < -0.3 is 15.4 Å². The third-order valence-corrected chi connectivity index (χ3v) is 2.12. The van der Waals surface area contributed by atoms with Gasteiger partial charge in [-0.25, -0.2) is 4.79 Å². The maximum absolute atomic E-state index is 11.4. The van der Waals surface area contributed by atoms with Crippen LogP contribution in [0.2, 0.25) is 5.02 Å². The number of para-hydroxylation sites is 1. The Morgan fingerprint density at radius 3 is 3.00 bits per heavy atom. The lowest BCUT2D eigenvalue weighted by atomic mass is 10.3. The largest absolute Gasteiger partial charge is 0.493 e. The molecule has 0 aliphatic heterocycles. The first-order valence-electron chi connectivity index (χ1n) is 4.67. The maximum atomic E-state index is 11.4. The molecule has 2 N–H and O–H groups in total. The van der Waals surface area contributed by atoms with Crippen molar-refractivity contribution in [2.45, 2.75) is 0 Å². The van der Waals surface area contributed by atoms with Crippen LogP contribution in [0.1, 0.15) is 0 Å². The van der Waals surface area contributed by atoms with Crippen molar-refractivity contribution in [3.8, 4) is 5.75 Å². The van der Waals surface area contributed by atoms with Crippen LogP contribution in [-0.4, -0.2) is 19.7 Å². The molecule has 4 nitrogen and oxygen atoms in total. The summed E-state index contributed by atoms with van der Waals surface area (Å²) in [6, 6.07) is 4.79. The summed E-state index contributed by atoms with van der Waals surface area (Å²) in [6.45, 7) is 3.90. The Morgan fingerprint density at radius 2 is 2.38 bits per heavy atom. The summed E-state index contributed by atoms with van der Waals surface area (Å²) in [4.78, 5) is 11.4. The molecule has 0 bridgehead atoms. The molecule has 0 unspecified atom stereocenters. The minimum atomic E-state index is -0.333. The minimum absolute atomic E-state index is 0.333. The molecule has 0 aliphatic rings. The average molecular weight is 241 g/mol. The predicted octanol–water partition coefficient (Wildman–Crippen LogP) is 2.66. The first kappa shape index (κ1) is 12.4. The summed E-state index contributed by atoms with van der Waals surface area (Å²) < 4.78 is 5.09. The molecule has 0 saturated carbocycles. The third kappa shape index (κ3) is 3.17. The van der Waals surface area contributed by atoms with Crippen LogP contribution in [0.5, 0.6) is 5.75 Å². The van der Waals surface area contributed by atoms with Crippen molar-refractivity contribution in [1.29, 1.82) is 0 Å². The standard InChI is InChI=1S/C11H13ClN2O2/c1-3-7-13-11(15)14-9-6-4-5-8(12)10(9)16-2/h3-6H,1,7H2,2H3,(H2,13,14,15). The van der Waals surface area contributed by atoms with E-state index in [4.69, 9.17) is 16.3 Å². The number of rotatable bonds is 4. The van der Waals surface area contributed by atoms with E-state index in [-0.39, 0.29) is 6.03 Å². The normalized spacial score (nSPS) is 9.38. The Hall–Kier alpha value is -1.68. The molecule has 1 rings (SSSR count). The Bertz CT molecular complexity index is 394. The van der Waals surface area contributed by atoms with E-state index in [1.54, 1.807) is 24.3 Å². The monoisotopic (exact) mass is 240 g/mol. The second-order valence-electron chi connectivity index (χ2n) is 2.94. The number of ether oxygens (including phenoxy) is 1. The Labute approximate surface area is 99.2 Å². The molecule has 0 saturated heterocycles. The second kappa shape index (κ2) is 6.02. The van der Waals surface area contributed by atoms with E-state index < -0.39 is 0 Å². The van der Waals surface area contributed by atoms with Gasteiger partial charge in [0, 0.05) is 6.54 Å². The molecule has 0 heterocycles. The van der Waals surface area contributed by atoms with Gasteiger partial charge in [-0.3, -0.25) is 0 Å². The topological polar surface area (TPSA) is 50.4 Å². The molecule has 5 heteroatoms. The van der Waals surface area contributed by atoms with Crippen LogP contribution in [-0.2, 0) is 0 Å². The zero-order valence-corrected chi connectivity index (χ0v) is 9.67. The SMILES string of the molecule is C=CCNC(=O)Nc1cccc(Cl)c1OC. The van der Waals surface area contributed by atoms with Crippen LogP contribution >= 0.6 is 11.6 Å². The van der Waals surface area contributed by atoms with Gasteiger partial charge in [-0.2, -0.15) is 0 Å². The number of anilines is 1. The summed E-state index contributed by atoms with van der Waals surface area (Å²) in [7, 11) is 1.49. The number of hydrogen-bond acceptors (Lipinski definition) is 2. The van der Waals surface area contributed by atoms with E-state index in [0.29, 0.717) is 23.0 Å². The summed E-state index contributed by atoms with van der Waals surface area (Å²) in [5, 5.41) is 5.66. The number of hydrogen-bond donors (Lipinski definition) is 2. The molecular formula is C11H13ClN2O2. The number of benzene rings is 1. The number of methoxy groups -OCH3 is 1. The number of nitrogens with one attached hydrogen (secondary N) is 2. The van der Waals surface area contributed by atoms with Gasteiger partial charge in [0.2, 0.25) is 0 Å². The van der Waals surface area contributed by atoms with Crippen molar-refractivity contribution in [1.82, 2.24) is 5.32 Å². The molecule has 0 spiro atoms. The molecule has 0 atom stereocenters. The van der Waals surface area contributed by atoms with Crippen LogP contribution in [0.3, 0.4) is 0 Å². The number of urea groups is 1. The highest BCUT2D eigenvalue weighted by Gasteiger charge is 2.09. The van der Waals surface area contributed by atoms with Gasteiger partial charge in [0.1, 0.15) is 0 Å². The summed E-state index contributed by atoms with van der Waals surface area (Å²) in [5.41, 5.74) is 0.525. The van der Waals surface area contributed by atoms with Crippen molar-refractivity contribution < 1.29 is 9.53 Å². The molecule has 1 aromatic carbocycles. The Morgan fingerprint density at radius 1 is 1.62 bits per heavy atom. The number of halogens is 1. The lowest BCUT2D eigenvalue weighted by molar-refractivity contribution is 0.253. The molecule has 1 aromatic rings. The lowest BCUT2D eigenvalue weighted by Crippen LogP contribution is -2.28. The zero-order valence-electron chi connectivity index (χ0n) is 8.92. The van der Waals surface area contributed by atoms with E-state index >= 15 is 0 Å². The highest BCUT2D eigenvalue weighted by atomic mass is 35.5. The van der Waals surface area contributed by atoms with E-state index in [9.17, 15) is 4.79 Å². The highest BCUT2D eigenvalue weighted by molar-refractivity contribution is 6.32. The van der Waals surface area contributed by atoms with Crippen molar-refractivity contribution in [3.05, 3.63) is 35.9 Å². The van der Waals surface area contributed by atoms with Crippen molar-refractivity contribution in [3.63, 3.8) is 0 Å². The van der Waals surface area contributed by atoms with Gasteiger partial charge in [-0.1, -0.05) is 23.7 Å². The lowest BCUT2D eigenvalue weighted by Gasteiger charge is -2.11. The van der Waals surface area contributed by atoms with Gasteiger partial charge >= 0.3 is 6.03 Å². The van der Waals surface area contributed by atoms with Crippen LogP contribution < -0.4 is 15.4 Å². The summed E-state index contributed by atoms with van der Waals surface area (Å²) in [5.74, 6) is 0.443. The third-order valence-electron chi connectivity index (χ3n) is 1.83. The first-order valence-corrected chi connectivity index (χ1v) is 5.05. The fraction of sp³-hybridized carbons (Fsp3) is 0.182. The van der Waals surface area contributed by atoms with Crippen LogP contribution in [0, 0.1) is 0 Å². The molecule has 2 amide bonds. The predicted molar refractivity (Wildman–Crippen MR) is 65.2 cm³/mol. The molecule has 0 aromatic heterocycles. The van der Waals surface area contributed by atoms with Crippen molar-refractivity contribution in [2.24, 2.45) is 0 Å². The van der Waals surface area contributed by atoms with Crippen LogP contribution in [0.15, 0.2) is 30.9 Å². The molecule has 16 heavy (non-hydrogen) atoms. The molecule has 0 radical (unpaired) electrons. The van der Waals surface area contributed by atoms with E-state index in [1.165, 1.54) is 7.11 Å². The van der Waals surface area contributed by atoms with Gasteiger partial charge in [-0.05, 0) is 12.1 Å². The smallest absolute Gasteiger partial charge is 0.319 e. The fourth-order valence-electron chi connectivity index (χ4n) is 1.15. The number of carbonyl (C=O) groups excluding carboxylic acids is 1. The quantitative estimate of drug-likeness (QED) is 0.795. The zero-order chi connectivity index (χ0) is 12.0. The van der Waals surface area contributed by atoms with Gasteiger partial charge in [0.15, 0.2) is 5.75 Å². The summed E-state index contributed by atoms with van der Waals surface area (Å²) in [6.07, 6.45) is 1.59. The van der Waals surface area contributed by atoms with Gasteiger partial charge in [0.05, 0.1) is 17.8 Å². The molecule has 0 aliphatic carbocycles. The van der Waals surface area contributed by atoms with E-state index in [1.807, 2.05) is 0 Å². The van der Waals surface area contributed by atoms with E-state index in [0.717, 1.165) is 0 Å². The van der Waals surface area contributed by atoms with E-state index in [2.05, 4.69) is 17.2 Å². The second-order valence-corrected chi connectivity index (χ2v) is 3.35. The first-order chi connectivity index (χ1) is 7.69. The van der Waals surface area contributed by atoms with Crippen molar-refractivity contribution >= 4 is 23.3 Å².